The summed E-state index contributed by atoms with van der Waals surface area (Å²) in [4.78, 5) is 11.2. The minimum atomic E-state index is -0.914. The smallest absolute Gasteiger partial charge is 0.337 e. The van der Waals surface area contributed by atoms with Crippen molar-refractivity contribution in [2.24, 2.45) is 0 Å². The van der Waals surface area contributed by atoms with Crippen LogP contribution < -0.4 is 10.1 Å². The van der Waals surface area contributed by atoms with Gasteiger partial charge in [0.15, 0.2) is 0 Å². The maximum atomic E-state index is 11.2. The number of benzene rings is 2. The molecule has 0 aliphatic heterocycles. The summed E-state index contributed by atoms with van der Waals surface area (Å²) in [6.45, 7) is 7.27. The Labute approximate surface area is 137 Å². The van der Waals surface area contributed by atoms with Gasteiger partial charge in [-0.1, -0.05) is 17.7 Å². The second-order valence-corrected chi connectivity index (χ2v) is 5.73. The summed E-state index contributed by atoms with van der Waals surface area (Å²) in [5.74, 6) is -0.0442. The number of hydrogen-bond acceptors (Lipinski definition) is 3. The van der Waals surface area contributed by atoms with Gasteiger partial charge < -0.3 is 15.2 Å². The highest BCUT2D eigenvalue weighted by molar-refractivity contribution is 5.94. The van der Waals surface area contributed by atoms with E-state index in [1.54, 1.807) is 6.07 Å². The SMILES string of the molecule is Cc1ccc(NCCCOc2ccc(C)c(C)c2)c(C(=O)O)c1. The molecule has 0 aliphatic rings. The molecule has 0 fully saturated rings. The zero-order chi connectivity index (χ0) is 16.8. The highest BCUT2D eigenvalue weighted by atomic mass is 16.5. The van der Waals surface area contributed by atoms with Crippen LogP contribution in [0.4, 0.5) is 5.69 Å². The van der Waals surface area contributed by atoms with Gasteiger partial charge in [-0.25, -0.2) is 4.79 Å². The van der Waals surface area contributed by atoms with Gasteiger partial charge in [-0.05, 0) is 62.6 Å². The third kappa shape index (κ3) is 4.74. The van der Waals surface area contributed by atoms with E-state index in [2.05, 4.69) is 19.2 Å². The molecule has 2 rings (SSSR count). The normalized spacial score (nSPS) is 10.4. The molecule has 2 aromatic rings. The van der Waals surface area contributed by atoms with Crippen molar-refractivity contribution < 1.29 is 14.6 Å². The average Bonchev–Trinajstić information content (AvgIpc) is 2.51. The first kappa shape index (κ1) is 16.9. The van der Waals surface area contributed by atoms with Gasteiger partial charge in [0.05, 0.1) is 12.2 Å². The Hall–Kier alpha value is -2.49. The number of aromatic carboxylic acids is 1. The number of ether oxygens (including phenoxy) is 1. The zero-order valence-electron chi connectivity index (χ0n) is 13.8. The lowest BCUT2D eigenvalue weighted by atomic mass is 10.1. The zero-order valence-corrected chi connectivity index (χ0v) is 13.8. The summed E-state index contributed by atoms with van der Waals surface area (Å²) >= 11 is 0. The lowest BCUT2D eigenvalue weighted by Crippen LogP contribution is -2.10. The quantitative estimate of drug-likeness (QED) is 0.752. The minimum Gasteiger partial charge on any atom is -0.494 e. The molecule has 2 aromatic carbocycles. The second kappa shape index (κ2) is 7.68. The number of rotatable bonds is 7. The molecule has 0 atom stereocenters. The molecule has 0 aliphatic carbocycles. The van der Waals surface area contributed by atoms with Gasteiger partial charge in [-0.3, -0.25) is 0 Å². The highest BCUT2D eigenvalue weighted by Gasteiger charge is 2.09. The Kier molecular flexibility index (Phi) is 5.63. The molecule has 0 heterocycles. The van der Waals surface area contributed by atoms with E-state index in [-0.39, 0.29) is 0 Å². The van der Waals surface area contributed by atoms with Gasteiger partial charge in [0.25, 0.3) is 0 Å². The van der Waals surface area contributed by atoms with Crippen LogP contribution in [0.5, 0.6) is 5.75 Å². The largest absolute Gasteiger partial charge is 0.494 e. The fraction of sp³-hybridized carbons (Fsp3) is 0.316. The van der Waals surface area contributed by atoms with E-state index in [4.69, 9.17) is 4.74 Å². The maximum Gasteiger partial charge on any atom is 0.337 e. The third-order valence-electron chi connectivity index (χ3n) is 3.79. The lowest BCUT2D eigenvalue weighted by molar-refractivity contribution is 0.0698. The van der Waals surface area contributed by atoms with Crippen molar-refractivity contribution in [1.29, 1.82) is 0 Å². The van der Waals surface area contributed by atoms with Gasteiger partial charge >= 0.3 is 5.97 Å². The van der Waals surface area contributed by atoms with Gasteiger partial charge in [-0.2, -0.15) is 0 Å². The molecular formula is C19H23NO3. The van der Waals surface area contributed by atoms with Gasteiger partial charge in [0.2, 0.25) is 0 Å². The first-order chi connectivity index (χ1) is 11.0. The van der Waals surface area contributed by atoms with Gasteiger partial charge in [-0.15, -0.1) is 0 Å². The summed E-state index contributed by atoms with van der Waals surface area (Å²) < 4.78 is 5.72. The van der Waals surface area contributed by atoms with E-state index in [0.717, 1.165) is 17.7 Å². The van der Waals surface area contributed by atoms with Crippen LogP contribution in [0.2, 0.25) is 0 Å². The highest BCUT2D eigenvalue weighted by Crippen LogP contribution is 2.18. The van der Waals surface area contributed by atoms with Crippen LogP contribution in [0.1, 0.15) is 33.5 Å². The van der Waals surface area contributed by atoms with Crippen molar-refractivity contribution in [2.75, 3.05) is 18.5 Å². The molecular weight excluding hydrogens is 290 g/mol. The van der Waals surface area contributed by atoms with Crippen molar-refractivity contribution in [3.05, 3.63) is 58.7 Å². The number of hydrogen-bond donors (Lipinski definition) is 2. The van der Waals surface area contributed by atoms with E-state index in [9.17, 15) is 9.90 Å². The minimum absolute atomic E-state index is 0.306. The van der Waals surface area contributed by atoms with Crippen LogP contribution in [0, 0.1) is 20.8 Å². The van der Waals surface area contributed by atoms with Crippen LogP contribution in [-0.2, 0) is 0 Å². The Morgan fingerprint density at radius 2 is 1.87 bits per heavy atom. The standard InChI is InChI=1S/C19H23NO3/c1-13-5-8-18(17(11-13)19(21)22)20-9-4-10-23-16-7-6-14(2)15(3)12-16/h5-8,11-12,20H,4,9-10H2,1-3H3,(H,21,22). The van der Waals surface area contributed by atoms with Gasteiger partial charge in [0.1, 0.15) is 5.75 Å². The molecule has 2 N–H and O–H groups in total. The fourth-order valence-electron chi connectivity index (χ4n) is 2.28. The lowest BCUT2D eigenvalue weighted by Gasteiger charge is -2.11. The number of anilines is 1. The molecule has 0 bridgehead atoms. The summed E-state index contributed by atoms with van der Waals surface area (Å²) in [5, 5.41) is 12.4. The predicted molar refractivity (Wildman–Crippen MR) is 92.7 cm³/mol. The number of nitrogens with one attached hydrogen (secondary N) is 1. The summed E-state index contributed by atoms with van der Waals surface area (Å²) in [7, 11) is 0. The van der Waals surface area contributed by atoms with Crippen molar-refractivity contribution >= 4 is 11.7 Å². The van der Waals surface area contributed by atoms with E-state index >= 15 is 0 Å². The Morgan fingerprint density at radius 1 is 1.09 bits per heavy atom. The van der Waals surface area contributed by atoms with Crippen molar-refractivity contribution in [1.82, 2.24) is 0 Å². The first-order valence-corrected chi connectivity index (χ1v) is 7.75. The summed E-state index contributed by atoms with van der Waals surface area (Å²) in [6.07, 6.45) is 0.792. The van der Waals surface area contributed by atoms with Crippen LogP contribution in [0.25, 0.3) is 0 Å². The average molecular weight is 313 g/mol. The topological polar surface area (TPSA) is 58.6 Å². The van der Waals surface area contributed by atoms with Crippen molar-refractivity contribution in [3.8, 4) is 5.75 Å². The second-order valence-electron chi connectivity index (χ2n) is 5.73. The number of carbonyl (C=O) groups is 1. The third-order valence-corrected chi connectivity index (χ3v) is 3.79. The molecule has 0 aromatic heterocycles. The van der Waals surface area contributed by atoms with E-state index in [1.165, 1.54) is 11.1 Å². The predicted octanol–water partition coefficient (Wildman–Crippen LogP) is 4.19. The maximum absolute atomic E-state index is 11.2. The molecule has 4 nitrogen and oxygen atoms in total. The number of carboxylic acid groups (broad SMARTS) is 1. The Bertz CT molecular complexity index is 695. The van der Waals surface area contributed by atoms with Crippen molar-refractivity contribution in [2.45, 2.75) is 27.2 Å². The summed E-state index contributed by atoms with van der Waals surface area (Å²) in [5.41, 5.74) is 4.35. The molecule has 0 spiro atoms. The van der Waals surface area contributed by atoms with Crippen LogP contribution in [0.3, 0.4) is 0 Å². The van der Waals surface area contributed by atoms with E-state index in [1.807, 2.05) is 37.3 Å². The van der Waals surface area contributed by atoms with E-state index in [0.29, 0.717) is 24.4 Å². The fourth-order valence-corrected chi connectivity index (χ4v) is 2.28. The molecule has 122 valence electrons. The molecule has 0 saturated carbocycles. The molecule has 0 unspecified atom stereocenters. The number of aryl methyl sites for hydroxylation is 3. The first-order valence-electron chi connectivity index (χ1n) is 7.75. The number of carboxylic acids is 1. The van der Waals surface area contributed by atoms with Gasteiger partial charge in [0, 0.05) is 12.2 Å². The molecule has 23 heavy (non-hydrogen) atoms. The van der Waals surface area contributed by atoms with Crippen LogP contribution in [-0.4, -0.2) is 24.2 Å². The summed E-state index contributed by atoms with van der Waals surface area (Å²) in [6, 6.07) is 11.4. The van der Waals surface area contributed by atoms with E-state index < -0.39 is 5.97 Å². The Balaban J connectivity index is 1.81. The molecule has 4 heteroatoms. The molecule has 0 radical (unpaired) electrons. The molecule has 0 amide bonds. The van der Waals surface area contributed by atoms with Crippen LogP contribution >= 0.6 is 0 Å². The monoisotopic (exact) mass is 313 g/mol. The van der Waals surface area contributed by atoms with Crippen LogP contribution in [0.15, 0.2) is 36.4 Å². The Morgan fingerprint density at radius 3 is 2.57 bits per heavy atom. The molecule has 0 saturated heterocycles. The van der Waals surface area contributed by atoms with Crippen molar-refractivity contribution in [3.63, 3.8) is 0 Å².